The Kier molecular flexibility index (Phi) is 3.62. The molecule has 2 aromatic rings. The Hall–Kier alpha value is -2.34. The Morgan fingerprint density at radius 3 is 2.59 bits per heavy atom. The van der Waals surface area contributed by atoms with Gasteiger partial charge in [0.2, 0.25) is 0 Å². The zero-order valence-corrected chi connectivity index (χ0v) is 12.8. The molecular weight excluding hydrogens is 302 g/mol. The monoisotopic (exact) mass is 317 g/mol. The number of hydrogen-bond acceptors (Lipinski definition) is 4. The lowest BCUT2D eigenvalue weighted by Crippen LogP contribution is -2.33. The number of hydrogen-bond donors (Lipinski definition) is 0. The van der Waals surface area contributed by atoms with Crippen LogP contribution in [0.25, 0.3) is 0 Å². The SMILES string of the molecule is Cc1cccc(OCCN2C(=O)c3ccccc3S2(=O)=O)c1. The molecule has 6 heteroatoms. The van der Waals surface area contributed by atoms with Crippen LogP contribution in [0, 0.1) is 6.92 Å². The van der Waals surface area contributed by atoms with Gasteiger partial charge in [-0.05, 0) is 36.8 Å². The van der Waals surface area contributed by atoms with Crippen molar-refractivity contribution < 1.29 is 17.9 Å². The van der Waals surface area contributed by atoms with Crippen molar-refractivity contribution >= 4 is 15.9 Å². The van der Waals surface area contributed by atoms with Crippen LogP contribution < -0.4 is 4.74 Å². The van der Waals surface area contributed by atoms with Crippen molar-refractivity contribution in [1.82, 2.24) is 4.31 Å². The summed E-state index contributed by atoms with van der Waals surface area (Å²) >= 11 is 0. The maximum atomic E-state index is 12.3. The zero-order valence-electron chi connectivity index (χ0n) is 12.0. The number of nitrogens with zero attached hydrogens (tertiary/aromatic N) is 1. The normalized spacial score (nSPS) is 15.7. The summed E-state index contributed by atoms with van der Waals surface area (Å²) in [5.74, 6) is 0.157. The van der Waals surface area contributed by atoms with Gasteiger partial charge in [0.15, 0.2) is 0 Å². The highest BCUT2D eigenvalue weighted by Gasteiger charge is 2.40. The van der Waals surface area contributed by atoms with Gasteiger partial charge in [0.1, 0.15) is 17.3 Å². The molecule has 0 fully saturated rings. The highest BCUT2D eigenvalue weighted by molar-refractivity contribution is 7.90. The van der Waals surface area contributed by atoms with Crippen molar-refractivity contribution in [3.8, 4) is 5.75 Å². The van der Waals surface area contributed by atoms with Gasteiger partial charge in [-0.2, -0.15) is 0 Å². The Labute approximate surface area is 129 Å². The van der Waals surface area contributed by atoms with Crippen LogP contribution in [0.4, 0.5) is 0 Å². The molecule has 0 atom stereocenters. The number of sulfonamides is 1. The molecule has 1 aliphatic heterocycles. The fourth-order valence-electron chi connectivity index (χ4n) is 2.40. The summed E-state index contributed by atoms with van der Waals surface area (Å²) in [6.07, 6.45) is 0. The highest BCUT2D eigenvalue weighted by atomic mass is 32.2. The van der Waals surface area contributed by atoms with Gasteiger partial charge in [-0.15, -0.1) is 0 Å². The fraction of sp³-hybridized carbons (Fsp3) is 0.188. The van der Waals surface area contributed by atoms with E-state index >= 15 is 0 Å². The van der Waals surface area contributed by atoms with E-state index in [9.17, 15) is 13.2 Å². The molecule has 0 saturated heterocycles. The molecule has 1 amide bonds. The molecule has 0 aromatic heterocycles. The molecule has 2 aromatic carbocycles. The first kappa shape index (κ1) is 14.6. The topological polar surface area (TPSA) is 63.7 Å². The Morgan fingerprint density at radius 1 is 1.09 bits per heavy atom. The third kappa shape index (κ3) is 2.46. The summed E-state index contributed by atoms with van der Waals surface area (Å²) in [7, 11) is -3.75. The second-order valence-electron chi connectivity index (χ2n) is 5.04. The standard InChI is InChI=1S/C16H15NO4S/c1-12-5-4-6-13(11-12)21-10-9-17-16(18)14-7-2-3-8-15(14)22(17,19)20/h2-8,11H,9-10H2,1H3. The molecule has 0 N–H and O–H groups in total. The van der Waals surface area contributed by atoms with Crippen LogP contribution in [0.15, 0.2) is 53.4 Å². The summed E-state index contributed by atoms with van der Waals surface area (Å²) in [5.41, 5.74) is 1.27. The molecule has 0 unspecified atom stereocenters. The maximum absolute atomic E-state index is 12.3. The van der Waals surface area contributed by atoms with E-state index in [1.807, 2.05) is 25.1 Å². The quantitative estimate of drug-likeness (QED) is 0.867. The zero-order chi connectivity index (χ0) is 15.7. The van der Waals surface area contributed by atoms with Crippen molar-refractivity contribution in [1.29, 1.82) is 0 Å². The van der Waals surface area contributed by atoms with Gasteiger partial charge in [0.05, 0.1) is 12.1 Å². The minimum absolute atomic E-state index is 0.0101. The molecule has 22 heavy (non-hydrogen) atoms. The fourth-order valence-corrected chi connectivity index (χ4v) is 3.96. The number of ether oxygens (including phenoxy) is 1. The lowest BCUT2D eigenvalue weighted by Gasteiger charge is -2.15. The largest absolute Gasteiger partial charge is 0.492 e. The van der Waals surface area contributed by atoms with E-state index in [4.69, 9.17) is 4.74 Å². The van der Waals surface area contributed by atoms with Crippen molar-refractivity contribution in [3.05, 3.63) is 59.7 Å². The molecule has 114 valence electrons. The van der Waals surface area contributed by atoms with Gasteiger partial charge in [0, 0.05) is 0 Å². The van der Waals surface area contributed by atoms with Crippen LogP contribution in [0.1, 0.15) is 15.9 Å². The van der Waals surface area contributed by atoms with Gasteiger partial charge in [-0.25, -0.2) is 12.7 Å². The summed E-state index contributed by atoms with van der Waals surface area (Å²) in [6.45, 7) is 2.05. The summed E-state index contributed by atoms with van der Waals surface area (Å²) in [6, 6.07) is 13.7. The lowest BCUT2D eigenvalue weighted by atomic mass is 10.2. The molecule has 0 saturated carbocycles. The average Bonchev–Trinajstić information content (AvgIpc) is 2.69. The number of benzene rings is 2. The van der Waals surface area contributed by atoms with Crippen LogP contribution >= 0.6 is 0 Å². The van der Waals surface area contributed by atoms with Gasteiger partial charge in [0.25, 0.3) is 15.9 Å². The van der Waals surface area contributed by atoms with Crippen molar-refractivity contribution in [2.75, 3.05) is 13.2 Å². The molecule has 0 spiro atoms. The van der Waals surface area contributed by atoms with Crippen molar-refractivity contribution in [2.45, 2.75) is 11.8 Å². The molecule has 1 aliphatic rings. The summed E-state index contributed by atoms with van der Waals surface area (Å²) in [4.78, 5) is 12.3. The number of carbonyl (C=O) groups is 1. The highest BCUT2D eigenvalue weighted by Crippen LogP contribution is 2.29. The smallest absolute Gasteiger partial charge is 0.269 e. The van der Waals surface area contributed by atoms with Gasteiger partial charge < -0.3 is 4.74 Å². The van der Waals surface area contributed by atoms with E-state index in [0.29, 0.717) is 5.75 Å². The predicted molar refractivity (Wildman–Crippen MR) is 81.3 cm³/mol. The summed E-state index contributed by atoms with van der Waals surface area (Å²) in [5, 5.41) is 0. The van der Waals surface area contributed by atoms with Crippen molar-refractivity contribution in [2.24, 2.45) is 0 Å². The first-order valence-electron chi connectivity index (χ1n) is 6.86. The number of rotatable bonds is 4. The first-order chi connectivity index (χ1) is 10.5. The molecule has 0 bridgehead atoms. The lowest BCUT2D eigenvalue weighted by molar-refractivity contribution is 0.0857. The number of fused-ring (bicyclic) bond motifs is 1. The minimum atomic E-state index is -3.75. The molecular formula is C16H15NO4S. The second-order valence-corrected chi connectivity index (χ2v) is 6.87. The molecule has 0 aliphatic carbocycles. The summed E-state index contributed by atoms with van der Waals surface area (Å²) < 4.78 is 31.1. The van der Waals surface area contributed by atoms with Gasteiger partial charge in [-0.1, -0.05) is 24.3 Å². The average molecular weight is 317 g/mol. The van der Waals surface area contributed by atoms with Crippen LogP contribution in [0.3, 0.4) is 0 Å². The van der Waals surface area contributed by atoms with Crippen LogP contribution in [-0.4, -0.2) is 31.8 Å². The van der Waals surface area contributed by atoms with Crippen LogP contribution in [-0.2, 0) is 10.0 Å². The van der Waals surface area contributed by atoms with E-state index in [-0.39, 0.29) is 23.6 Å². The van der Waals surface area contributed by atoms with E-state index in [1.54, 1.807) is 18.2 Å². The number of carbonyl (C=O) groups excluding carboxylic acids is 1. The van der Waals surface area contributed by atoms with E-state index in [0.717, 1.165) is 9.87 Å². The second kappa shape index (κ2) is 5.46. The number of amides is 1. The van der Waals surface area contributed by atoms with Gasteiger partial charge in [-0.3, -0.25) is 4.79 Å². The minimum Gasteiger partial charge on any atom is -0.492 e. The molecule has 3 rings (SSSR count). The molecule has 5 nitrogen and oxygen atoms in total. The molecule has 0 radical (unpaired) electrons. The maximum Gasteiger partial charge on any atom is 0.269 e. The van der Waals surface area contributed by atoms with Crippen LogP contribution in [0.2, 0.25) is 0 Å². The third-order valence-electron chi connectivity index (χ3n) is 3.46. The van der Waals surface area contributed by atoms with Crippen molar-refractivity contribution in [3.63, 3.8) is 0 Å². The van der Waals surface area contributed by atoms with E-state index < -0.39 is 15.9 Å². The first-order valence-corrected chi connectivity index (χ1v) is 8.30. The van der Waals surface area contributed by atoms with Crippen LogP contribution in [0.5, 0.6) is 5.75 Å². The molecule has 1 heterocycles. The van der Waals surface area contributed by atoms with Gasteiger partial charge >= 0.3 is 0 Å². The number of aryl methyl sites for hydroxylation is 1. The van der Waals surface area contributed by atoms with E-state index in [1.165, 1.54) is 12.1 Å². The Morgan fingerprint density at radius 2 is 1.86 bits per heavy atom. The third-order valence-corrected chi connectivity index (χ3v) is 5.31. The Bertz CT molecular complexity index is 830. The predicted octanol–water partition coefficient (Wildman–Crippen LogP) is 2.22. The van der Waals surface area contributed by atoms with E-state index in [2.05, 4.69) is 0 Å². The Balaban J connectivity index is 1.73.